The van der Waals surface area contributed by atoms with E-state index in [4.69, 9.17) is 4.74 Å². The Hall–Kier alpha value is -1.51. The van der Waals surface area contributed by atoms with Crippen molar-refractivity contribution < 1.29 is 9.53 Å². The number of hydrogen-bond acceptors (Lipinski definition) is 2. The molecule has 1 N–H and O–H groups in total. The molecule has 0 atom stereocenters. The summed E-state index contributed by atoms with van der Waals surface area (Å²) in [6, 6.07) is 5.84. The van der Waals surface area contributed by atoms with Crippen molar-refractivity contribution in [1.29, 1.82) is 0 Å². The van der Waals surface area contributed by atoms with Crippen LogP contribution < -0.4 is 10.1 Å². The molecule has 0 aliphatic rings. The maximum atomic E-state index is 11.4. The first kappa shape index (κ1) is 12.6. The number of para-hydroxylation sites is 1. The fraction of sp³-hybridized carbons (Fsp3) is 0.462. The maximum absolute atomic E-state index is 11.4. The molecule has 0 saturated carbocycles. The largest absolute Gasteiger partial charge is 0.494 e. The van der Waals surface area contributed by atoms with Gasteiger partial charge in [-0.25, -0.2) is 0 Å². The number of benzene rings is 1. The predicted molar refractivity (Wildman–Crippen MR) is 65.9 cm³/mol. The lowest BCUT2D eigenvalue weighted by Gasteiger charge is -2.13. The number of methoxy groups -OCH3 is 1. The van der Waals surface area contributed by atoms with Gasteiger partial charge in [0.05, 0.1) is 12.8 Å². The third kappa shape index (κ3) is 2.99. The Morgan fingerprint density at radius 1 is 1.38 bits per heavy atom. The average molecular weight is 221 g/mol. The van der Waals surface area contributed by atoms with Crippen LogP contribution in [0.3, 0.4) is 0 Å². The molecule has 3 nitrogen and oxygen atoms in total. The van der Waals surface area contributed by atoms with E-state index in [-0.39, 0.29) is 5.91 Å². The molecule has 1 amide bonds. The molecule has 0 saturated heterocycles. The van der Waals surface area contributed by atoms with Crippen LogP contribution in [0.4, 0.5) is 5.69 Å². The van der Waals surface area contributed by atoms with Gasteiger partial charge in [-0.1, -0.05) is 32.4 Å². The number of anilines is 1. The molecular weight excluding hydrogens is 202 g/mol. The summed E-state index contributed by atoms with van der Waals surface area (Å²) in [6.45, 7) is 3.95. The molecule has 0 radical (unpaired) electrons. The van der Waals surface area contributed by atoms with Crippen LogP contribution in [0.1, 0.15) is 32.3 Å². The molecule has 0 heterocycles. The second-order valence-corrected chi connectivity index (χ2v) is 3.65. The predicted octanol–water partition coefficient (Wildman–Crippen LogP) is 3.00. The second kappa shape index (κ2) is 6.16. The highest BCUT2D eigenvalue weighted by Gasteiger charge is 2.09. The van der Waals surface area contributed by atoms with E-state index in [2.05, 4.69) is 12.2 Å². The molecule has 0 fully saturated rings. The summed E-state index contributed by atoms with van der Waals surface area (Å²) in [4.78, 5) is 11.4. The minimum absolute atomic E-state index is 0.00643. The molecule has 0 spiro atoms. The monoisotopic (exact) mass is 221 g/mol. The third-order valence-corrected chi connectivity index (χ3v) is 2.42. The van der Waals surface area contributed by atoms with Crippen LogP contribution in [0.5, 0.6) is 5.75 Å². The number of carbonyl (C=O) groups excluding carboxylic acids is 1. The Balaban J connectivity index is 2.98. The Kier molecular flexibility index (Phi) is 4.83. The van der Waals surface area contributed by atoms with Crippen LogP contribution in [0.25, 0.3) is 0 Å². The number of carbonyl (C=O) groups is 1. The molecular formula is C13H19NO2. The topological polar surface area (TPSA) is 38.3 Å². The number of hydrogen-bond donors (Lipinski definition) is 1. The highest BCUT2D eigenvalue weighted by atomic mass is 16.5. The summed E-state index contributed by atoms with van der Waals surface area (Å²) in [5, 5.41) is 2.85. The van der Waals surface area contributed by atoms with Crippen molar-refractivity contribution in [3.8, 4) is 5.75 Å². The number of ether oxygens (including phenoxy) is 1. The number of amides is 1. The minimum atomic E-state index is 0.00643. The van der Waals surface area contributed by atoms with Crippen LogP contribution in [-0.2, 0) is 11.2 Å². The van der Waals surface area contributed by atoms with E-state index in [1.165, 1.54) is 0 Å². The molecule has 1 aromatic rings. The van der Waals surface area contributed by atoms with Crippen molar-refractivity contribution in [3.63, 3.8) is 0 Å². The van der Waals surface area contributed by atoms with E-state index in [0.717, 1.165) is 29.8 Å². The van der Waals surface area contributed by atoms with Crippen LogP contribution >= 0.6 is 0 Å². The highest BCUT2D eigenvalue weighted by molar-refractivity contribution is 5.92. The van der Waals surface area contributed by atoms with E-state index in [1.807, 2.05) is 25.1 Å². The smallest absolute Gasteiger partial charge is 0.224 e. The fourth-order valence-electron chi connectivity index (χ4n) is 1.63. The zero-order valence-corrected chi connectivity index (χ0v) is 10.2. The van der Waals surface area contributed by atoms with Gasteiger partial charge in [0.25, 0.3) is 0 Å². The summed E-state index contributed by atoms with van der Waals surface area (Å²) in [6.07, 6.45) is 2.49. The van der Waals surface area contributed by atoms with Gasteiger partial charge in [-0.2, -0.15) is 0 Å². The number of aryl methyl sites for hydroxylation is 1. The van der Waals surface area contributed by atoms with Crippen LogP contribution in [0.2, 0.25) is 0 Å². The lowest BCUT2D eigenvalue weighted by molar-refractivity contribution is -0.115. The molecule has 0 unspecified atom stereocenters. The zero-order chi connectivity index (χ0) is 12.0. The van der Waals surface area contributed by atoms with E-state index >= 15 is 0 Å². The maximum Gasteiger partial charge on any atom is 0.224 e. The molecule has 0 aromatic heterocycles. The number of rotatable bonds is 5. The first-order chi connectivity index (χ1) is 7.72. The van der Waals surface area contributed by atoms with Crippen LogP contribution in [0, 0.1) is 0 Å². The summed E-state index contributed by atoms with van der Waals surface area (Å²) in [7, 11) is 1.64. The summed E-state index contributed by atoms with van der Waals surface area (Å²) >= 11 is 0. The summed E-state index contributed by atoms with van der Waals surface area (Å²) < 4.78 is 5.36. The first-order valence-corrected chi connectivity index (χ1v) is 5.68. The minimum Gasteiger partial charge on any atom is -0.494 e. The van der Waals surface area contributed by atoms with Gasteiger partial charge in [-0.05, 0) is 18.1 Å². The summed E-state index contributed by atoms with van der Waals surface area (Å²) in [5.41, 5.74) is 1.90. The van der Waals surface area contributed by atoms with Gasteiger partial charge in [0, 0.05) is 6.42 Å². The molecule has 1 aromatic carbocycles. The van der Waals surface area contributed by atoms with E-state index in [9.17, 15) is 4.79 Å². The Morgan fingerprint density at radius 3 is 2.69 bits per heavy atom. The summed E-state index contributed by atoms with van der Waals surface area (Å²) in [5.74, 6) is 0.790. The van der Waals surface area contributed by atoms with Crippen LogP contribution in [-0.4, -0.2) is 13.0 Å². The van der Waals surface area contributed by atoms with E-state index in [1.54, 1.807) is 7.11 Å². The first-order valence-electron chi connectivity index (χ1n) is 5.68. The van der Waals surface area contributed by atoms with Gasteiger partial charge in [-0.3, -0.25) is 4.79 Å². The normalized spacial score (nSPS) is 9.94. The molecule has 0 aliphatic heterocycles. The van der Waals surface area contributed by atoms with Crippen molar-refractivity contribution in [3.05, 3.63) is 23.8 Å². The zero-order valence-electron chi connectivity index (χ0n) is 10.2. The Morgan fingerprint density at radius 2 is 2.12 bits per heavy atom. The van der Waals surface area contributed by atoms with Crippen LogP contribution in [0.15, 0.2) is 18.2 Å². The SMILES string of the molecule is CCCc1cccc(NC(=O)CC)c1OC. The number of nitrogens with one attached hydrogen (secondary N) is 1. The molecule has 88 valence electrons. The van der Waals surface area contributed by atoms with Crippen molar-refractivity contribution in [2.75, 3.05) is 12.4 Å². The van der Waals surface area contributed by atoms with Crippen molar-refractivity contribution in [2.45, 2.75) is 33.1 Å². The Bertz CT molecular complexity index is 361. The van der Waals surface area contributed by atoms with Gasteiger partial charge in [-0.15, -0.1) is 0 Å². The quantitative estimate of drug-likeness (QED) is 0.830. The molecule has 0 aliphatic carbocycles. The van der Waals surface area contributed by atoms with Crippen molar-refractivity contribution in [2.24, 2.45) is 0 Å². The molecule has 16 heavy (non-hydrogen) atoms. The van der Waals surface area contributed by atoms with E-state index in [0.29, 0.717) is 6.42 Å². The van der Waals surface area contributed by atoms with Crippen molar-refractivity contribution in [1.82, 2.24) is 0 Å². The van der Waals surface area contributed by atoms with Crippen molar-refractivity contribution >= 4 is 11.6 Å². The van der Waals surface area contributed by atoms with Gasteiger partial charge < -0.3 is 10.1 Å². The van der Waals surface area contributed by atoms with Gasteiger partial charge in [0.2, 0.25) is 5.91 Å². The standard InChI is InChI=1S/C13H19NO2/c1-4-7-10-8-6-9-11(13(10)16-3)14-12(15)5-2/h6,8-9H,4-5,7H2,1-3H3,(H,14,15). The fourth-order valence-corrected chi connectivity index (χ4v) is 1.63. The Labute approximate surface area is 96.8 Å². The highest BCUT2D eigenvalue weighted by Crippen LogP contribution is 2.29. The lowest BCUT2D eigenvalue weighted by Crippen LogP contribution is -2.11. The van der Waals surface area contributed by atoms with E-state index < -0.39 is 0 Å². The molecule has 3 heteroatoms. The average Bonchev–Trinajstić information content (AvgIpc) is 2.29. The third-order valence-electron chi connectivity index (χ3n) is 2.42. The van der Waals surface area contributed by atoms with Gasteiger partial charge in [0.1, 0.15) is 5.75 Å². The molecule has 0 bridgehead atoms. The van der Waals surface area contributed by atoms with Gasteiger partial charge >= 0.3 is 0 Å². The lowest BCUT2D eigenvalue weighted by atomic mass is 10.1. The molecule has 1 rings (SSSR count). The second-order valence-electron chi connectivity index (χ2n) is 3.65. The van der Waals surface area contributed by atoms with Gasteiger partial charge in [0.15, 0.2) is 0 Å².